The molecule has 0 bridgehead atoms. The predicted octanol–water partition coefficient (Wildman–Crippen LogP) is 7.87. The van der Waals surface area contributed by atoms with Crippen molar-refractivity contribution in [1.29, 1.82) is 0 Å². The first-order valence-electron chi connectivity index (χ1n) is 30.0. The van der Waals surface area contributed by atoms with E-state index in [9.17, 15) is 0 Å². The van der Waals surface area contributed by atoms with Crippen molar-refractivity contribution in [2.75, 3.05) is 13.2 Å². The van der Waals surface area contributed by atoms with Gasteiger partial charge in [0.1, 0.15) is 11.5 Å². The average Bonchev–Trinajstić information content (AvgIpc) is 1.63. The number of halogens is 2. The second-order valence-corrected chi connectivity index (χ2v) is 142. The Hall–Kier alpha value is 14.3. The molecule has 0 aliphatic heterocycles. The van der Waals surface area contributed by atoms with Gasteiger partial charge >= 0.3 is 37.7 Å². The average molecular weight is 2800 g/mol. The van der Waals surface area contributed by atoms with Crippen LogP contribution in [0.2, 0.25) is 30.7 Å². The summed E-state index contributed by atoms with van der Waals surface area (Å²) in [6.07, 6.45) is 17.6. The van der Waals surface area contributed by atoms with Crippen molar-refractivity contribution in [3.05, 3.63) is 65.6 Å². The topological polar surface area (TPSA) is 32.6 Å². The maximum atomic E-state index is 6.12. The van der Waals surface area contributed by atoms with E-state index in [1.54, 1.807) is 107 Å². The molecule has 2 fully saturated rings. The van der Waals surface area contributed by atoms with E-state index in [4.69, 9.17) is 59.0 Å². The van der Waals surface area contributed by atoms with E-state index >= 15 is 0 Å². The fourth-order valence-electron chi connectivity index (χ4n) is 9.13. The van der Waals surface area contributed by atoms with Crippen LogP contribution in [-0.4, -0.2) is 34.2 Å². The van der Waals surface area contributed by atoms with Gasteiger partial charge in [0.15, 0.2) is 0 Å². The van der Waals surface area contributed by atoms with E-state index in [0.717, 1.165) is 66.2 Å². The summed E-state index contributed by atoms with van der Waals surface area (Å²) in [5.41, 5.74) is 0.815. The minimum atomic E-state index is -1.93. The minimum Gasteiger partial charge on any atom is -0.662 e. The molecule has 2 saturated carbocycles. The van der Waals surface area contributed by atoms with Crippen LogP contribution in [0, 0.1) is 23.7 Å². The van der Waals surface area contributed by atoms with Gasteiger partial charge in [-0.05, 0) is 73.4 Å². The van der Waals surface area contributed by atoms with Gasteiger partial charge in [0.25, 0.3) is 0 Å². The summed E-state index contributed by atoms with van der Waals surface area (Å²) in [5, 5.41) is 0. The van der Waals surface area contributed by atoms with Crippen LogP contribution in [0.4, 0.5) is 0 Å². The molecule has 0 saturated heterocycles. The summed E-state index contributed by atoms with van der Waals surface area (Å²) in [7, 11) is 110. The van der Waals surface area contributed by atoms with Gasteiger partial charge in [-0.15, -0.1) is 28.2 Å². The number of hydrogen-bond donors (Lipinski definition) is 0. The summed E-state index contributed by atoms with van der Waals surface area (Å²) < 4.78 is 11.6. The zero-order valence-electron chi connectivity index (χ0n) is 59.4. The Labute approximate surface area is 897 Å². The van der Waals surface area contributed by atoms with Crippen LogP contribution in [-0.2, 0) is 573 Å². The van der Waals surface area contributed by atoms with Gasteiger partial charge in [-0.2, -0.15) is 0 Å². The van der Waals surface area contributed by atoms with E-state index < -0.39 is 14.9 Å². The molecular formula is C41H68Cl2Li2NO2S64Si2+. The zero-order chi connectivity index (χ0) is 80.7. The van der Waals surface area contributed by atoms with Gasteiger partial charge in [0.2, 0.25) is 6.69 Å². The summed E-state index contributed by atoms with van der Waals surface area (Å²) in [6.45, 7) is 14.3. The van der Waals surface area contributed by atoms with Gasteiger partial charge in [0, 0.05) is 573 Å². The Morgan fingerprint density at radius 1 is 0.298 bits per heavy atom. The van der Waals surface area contributed by atoms with Crippen LogP contribution in [0.1, 0.15) is 111 Å². The van der Waals surface area contributed by atoms with Crippen molar-refractivity contribution in [1.82, 2.24) is 0 Å². The molecule has 0 N–H and O–H groups in total. The fourth-order valence-corrected chi connectivity index (χ4v) is 181. The van der Waals surface area contributed by atoms with Crippen molar-refractivity contribution >= 4 is 610 Å². The molecule has 656 valence electrons. The Bertz CT molecular complexity index is 6150. The molecule has 3 nitrogen and oxygen atoms in total. The Morgan fingerprint density at radius 3 is 0.693 bits per heavy atom. The first-order chi connectivity index (χ1) is 54.9. The van der Waals surface area contributed by atoms with E-state index in [-0.39, 0.29) is 37.7 Å². The summed E-state index contributed by atoms with van der Waals surface area (Å²) in [6, 6.07) is 22.9. The fraction of sp³-hybridized carbons (Fsp3) is 0.707. The van der Waals surface area contributed by atoms with Crippen molar-refractivity contribution in [3.8, 4) is 11.5 Å². The quantitative estimate of drug-likeness (QED) is 0.116. The molecule has 4 rings (SSSR count). The van der Waals surface area contributed by atoms with E-state index in [1.165, 1.54) is 94.4 Å². The Balaban J connectivity index is 0.00000209. The molecule has 73 heteroatoms. The van der Waals surface area contributed by atoms with Crippen molar-refractivity contribution in [2.45, 2.75) is 148 Å². The minimum absolute atomic E-state index is 0. The third-order valence-corrected chi connectivity index (χ3v) is 156. The Kier molecular flexibility index (Phi) is 113. The molecule has 4 unspecified atom stereocenters. The van der Waals surface area contributed by atoms with E-state index in [0.29, 0.717) is 12.6 Å². The van der Waals surface area contributed by atoms with Crippen LogP contribution >= 0.6 is 22.2 Å². The summed E-state index contributed by atoms with van der Waals surface area (Å²) in [4.78, 5) is 5.98. The molecular weight excluding hydrogens is 2730 g/mol. The largest absolute Gasteiger partial charge is 1.00 e. The SMILES string of the molecule is CC1C(C)C(C)C([Si@](C)(CCCOc2ccccc2)[N-]C2CCCCCCCCCCC2)C1C.C[Si](Cl)(Cl)CCCOc1ccccc1.S=S=S=S=S=S=S=S=S=S=S=S=S=S=S=S=S=S=S=S=S=S=S=S=S=S=S=S=S=S=S=S=S=S=S=S=S=S=S=S=S=S=S=S=S=S=S=S=S=S=S=S=S=S=S=S=S=S=S=S=S=S=S=S.[Li+].[Li+]. The predicted molar refractivity (Wildman–Crippen MR) is 687 cm³/mol. The normalized spacial score (nSPS) is 15.3. The first kappa shape index (κ1) is 128. The maximum Gasteiger partial charge on any atom is 1.00 e. The molecule has 0 heterocycles. The van der Waals surface area contributed by atoms with E-state index in [1.807, 2.05) is 463 Å². The van der Waals surface area contributed by atoms with Crippen molar-refractivity contribution in [3.63, 3.8) is 0 Å². The number of rotatable bonds is 13. The molecule has 114 heavy (non-hydrogen) atoms. The number of ether oxygens (including phenoxy) is 2. The van der Waals surface area contributed by atoms with Gasteiger partial charge in [-0.3, -0.25) is 0 Å². The van der Waals surface area contributed by atoms with Crippen LogP contribution in [0.3, 0.4) is 0 Å². The molecule has 2 aliphatic carbocycles. The molecule has 0 amide bonds. The van der Waals surface area contributed by atoms with Gasteiger partial charge < -0.3 is 14.5 Å². The third-order valence-electron chi connectivity index (χ3n) is 13.2. The molecule has 0 aromatic heterocycles. The van der Waals surface area contributed by atoms with Crippen LogP contribution in [0.5, 0.6) is 11.5 Å². The first-order valence-corrected chi connectivity index (χ1v) is 121. The molecule has 0 radical (unpaired) electrons. The van der Waals surface area contributed by atoms with Crippen molar-refractivity contribution < 1.29 is 47.2 Å². The second-order valence-electron chi connectivity index (χ2n) is 19.7. The molecule has 5 atom stereocenters. The molecule has 2 aromatic rings. The number of nitrogens with zero attached hydrogens (tertiary/aromatic N) is 1. The van der Waals surface area contributed by atoms with Crippen molar-refractivity contribution in [2.24, 2.45) is 23.7 Å². The molecule has 0 spiro atoms. The number of para-hydroxylation sites is 2. The van der Waals surface area contributed by atoms with Crippen LogP contribution in [0.25, 0.3) is 4.98 Å². The number of benzene rings is 2. The summed E-state index contributed by atoms with van der Waals surface area (Å²) >= 11 is 21.6. The maximum absolute atomic E-state index is 6.12. The molecule has 2 aromatic carbocycles. The Morgan fingerprint density at radius 2 is 0.491 bits per heavy atom. The smallest absolute Gasteiger partial charge is 0.662 e. The van der Waals surface area contributed by atoms with Crippen LogP contribution < -0.4 is 47.2 Å². The standard InChI is InChI=1S/C31H54NOSi.C10H14Cl2OSi.2Li.S64/c1-25-26(2)28(4)31(27(25)3)34(5,24-18-23-33-30-21-16-13-17-22-30)32-29-19-14-11-9-7-6-8-10-12-15-20-29;1-14(11,12)9-5-8-13-10-6-3-2-4-7-10;;;1-3-5-7-9-11-13-15-17-19-21-23-25-27-29-31-33-35-37-39-41-43-45-47-49-51-53-55-57-59-61-63-64-62-60-58-56-54-52-50-48-46-44-42-40-38-36-34-32-30-28-26-24-22-20-18-16-14-12-10-8-6-4-2/h13,16-17,21-22,25-29,31H,6-12,14-15,18-20,23-24H2,1-5H3;2-4,6-7H,5,8-9H2,1H3;;;/q-1;;2*+1;/t25?,26?,27?,28?,31?,34-;;;;/m0..../s1. The monoisotopic (exact) mass is 2790 g/mol. The third kappa shape index (κ3) is 85.5. The second kappa shape index (κ2) is 100. The number of hydrogen-bond acceptors (Lipinski definition) is 4. The van der Waals surface area contributed by atoms with Gasteiger partial charge in [0.05, 0.1) is 13.2 Å². The summed E-state index contributed by atoms with van der Waals surface area (Å²) in [5.74, 6) is 5.14. The zero-order valence-corrected chi connectivity index (χ0v) is 115. The molecule has 2 aliphatic rings. The van der Waals surface area contributed by atoms with E-state index in [2.05, 4.69) is 64.6 Å². The van der Waals surface area contributed by atoms with Gasteiger partial charge in [-0.1, -0.05) is 161 Å². The van der Waals surface area contributed by atoms with Crippen LogP contribution in [0.15, 0.2) is 60.7 Å². The van der Waals surface area contributed by atoms with Gasteiger partial charge in [-0.25, -0.2) is 0 Å².